The fourth-order valence-electron chi connectivity index (χ4n) is 3.34. The first-order valence-electron chi connectivity index (χ1n) is 8.69. The molecule has 7 heteroatoms. The summed E-state index contributed by atoms with van der Waals surface area (Å²) in [5, 5.41) is 10.5. The molecule has 1 aliphatic heterocycles. The summed E-state index contributed by atoms with van der Waals surface area (Å²) in [6.07, 6.45) is 3.77. The predicted molar refractivity (Wildman–Crippen MR) is 100 cm³/mol. The monoisotopic (exact) mass is 355 g/mol. The molecule has 7 nitrogen and oxygen atoms in total. The van der Waals surface area contributed by atoms with Crippen molar-refractivity contribution in [1.29, 1.82) is 0 Å². The first kappa shape index (κ1) is 18.1. The van der Waals surface area contributed by atoms with Crippen molar-refractivity contribution in [3.8, 4) is 0 Å². The number of aryl methyl sites for hydroxylation is 2. The van der Waals surface area contributed by atoms with Crippen LogP contribution < -0.4 is 10.6 Å². The van der Waals surface area contributed by atoms with Crippen LogP contribution in [0.25, 0.3) is 0 Å². The maximum absolute atomic E-state index is 12.8. The van der Waals surface area contributed by atoms with Gasteiger partial charge in [0.05, 0.1) is 12.1 Å². The third-order valence-corrected chi connectivity index (χ3v) is 4.85. The maximum Gasteiger partial charge on any atom is 0.253 e. The fourth-order valence-corrected chi connectivity index (χ4v) is 3.34. The molecule has 0 unspecified atom stereocenters. The minimum atomic E-state index is -0.173. The SMILES string of the molecule is Cc1ccc(NC(=O)[C@H]2CNC[C@@H]2c2cnn(C)c2)cc1C(=O)N(C)C. The largest absolute Gasteiger partial charge is 0.345 e. The van der Waals surface area contributed by atoms with Crippen LogP contribution in [-0.4, -0.2) is 53.7 Å². The van der Waals surface area contributed by atoms with E-state index in [9.17, 15) is 9.59 Å². The maximum atomic E-state index is 12.8. The first-order chi connectivity index (χ1) is 12.4. The summed E-state index contributed by atoms with van der Waals surface area (Å²) in [7, 11) is 5.31. The third kappa shape index (κ3) is 3.62. The van der Waals surface area contributed by atoms with Gasteiger partial charge in [0.15, 0.2) is 0 Å². The Kier molecular flexibility index (Phi) is 5.08. The topological polar surface area (TPSA) is 79.3 Å². The molecule has 1 aliphatic rings. The number of hydrogen-bond acceptors (Lipinski definition) is 4. The van der Waals surface area contributed by atoms with Crippen LogP contribution in [0.15, 0.2) is 30.6 Å². The average molecular weight is 355 g/mol. The van der Waals surface area contributed by atoms with Crippen molar-refractivity contribution in [2.24, 2.45) is 13.0 Å². The summed E-state index contributed by atoms with van der Waals surface area (Å²) in [5.74, 6) is -0.198. The summed E-state index contributed by atoms with van der Waals surface area (Å²) in [6.45, 7) is 3.27. The van der Waals surface area contributed by atoms with Gasteiger partial charge in [-0.05, 0) is 30.2 Å². The van der Waals surface area contributed by atoms with E-state index >= 15 is 0 Å². The summed E-state index contributed by atoms with van der Waals surface area (Å²) in [6, 6.07) is 5.44. The van der Waals surface area contributed by atoms with E-state index in [-0.39, 0.29) is 23.7 Å². The summed E-state index contributed by atoms with van der Waals surface area (Å²) >= 11 is 0. The van der Waals surface area contributed by atoms with Crippen molar-refractivity contribution in [1.82, 2.24) is 20.0 Å². The highest BCUT2D eigenvalue weighted by Gasteiger charge is 2.34. The van der Waals surface area contributed by atoms with Gasteiger partial charge in [0.2, 0.25) is 5.91 Å². The van der Waals surface area contributed by atoms with Crippen LogP contribution >= 0.6 is 0 Å². The van der Waals surface area contributed by atoms with Crippen LogP contribution in [0.5, 0.6) is 0 Å². The number of amides is 2. The van der Waals surface area contributed by atoms with E-state index in [1.807, 2.05) is 38.5 Å². The van der Waals surface area contributed by atoms with Gasteiger partial charge in [-0.2, -0.15) is 5.10 Å². The van der Waals surface area contributed by atoms with Crippen molar-refractivity contribution >= 4 is 17.5 Å². The molecule has 1 saturated heterocycles. The van der Waals surface area contributed by atoms with Gasteiger partial charge < -0.3 is 15.5 Å². The minimum absolute atomic E-state index is 0.0454. The zero-order valence-electron chi connectivity index (χ0n) is 15.6. The number of carbonyl (C=O) groups excluding carboxylic acids is 2. The van der Waals surface area contributed by atoms with Crippen LogP contribution in [0.3, 0.4) is 0 Å². The van der Waals surface area contributed by atoms with Gasteiger partial charge in [-0.1, -0.05) is 6.07 Å². The Morgan fingerprint density at radius 3 is 2.73 bits per heavy atom. The van der Waals surface area contributed by atoms with Gasteiger partial charge in [0, 0.05) is 57.6 Å². The molecule has 1 aromatic carbocycles. The molecule has 3 rings (SSSR count). The molecule has 138 valence electrons. The van der Waals surface area contributed by atoms with Crippen LogP contribution in [0, 0.1) is 12.8 Å². The molecule has 1 fully saturated rings. The molecule has 0 spiro atoms. The van der Waals surface area contributed by atoms with E-state index in [4.69, 9.17) is 0 Å². The Bertz CT molecular complexity index is 827. The van der Waals surface area contributed by atoms with Crippen molar-refractivity contribution in [2.75, 3.05) is 32.5 Å². The van der Waals surface area contributed by atoms with E-state index in [1.165, 1.54) is 4.90 Å². The molecule has 0 radical (unpaired) electrons. The Morgan fingerprint density at radius 1 is 1.31 bits per heavy atom. The number of nitrogens with zero attached hydrogens (tertiary/aromatic N) is 3. The Morgan fingerprint density at radius 2 is 2.08 bits per heavy atom. The van der Waals surface area contributed by atoms with Gasteiger partial charge >= 0.3 is 0 Å². The van der Waals surface area contributed by atoms with E-state index in [1.54, 1.807) is 24.8 Å². The highest BCUT2D eigenvalue weighted by molar-refractivity contribution is 5.98. The zero-order chi connectivity index (χ0) is 18.8. The van der Waals surface area contributed by atoms with E-state index in [0.29, 0.717) is 17.8 Å². The van der Waals surface area contributed by atoms with Gasteiger partial charge in [0.25, 0.3) is 5.91 Å². The van der Waals surface area contributed by atoms with Gasteiger partial charge in [-0.25, -0.2) is 0 Å². The predicted octanol–water partition coefficient (Wildman–Crippen LogP) is 1.37. The Balaban J connectivity index is 1.77. The van der Waals surface area contributed by atoms with Crippen molar-refractivity contribution in [2.45, 2.75) is 12.8 Å². The smallest absolute Gasteiger partial charge is 0.253 e. The van der Waals surface area contributed by atoms with Crippen LogP contribution in [0.2, 0.25) is 0 Å². The molecule has 0 saturated carbocycles. The average Bonchev–Trinajstić information content (AvgIpc) is 3.24. The minimum Gasteiger partial charge on any atom is -0.345 e. The molecule has 2 aromatic rings. The number of hydrogen-bond donors (Lipinski definition) is 2. The van der Waals surface area contributed by atoms with Gasteiger partial charge in [-0.3, -0.25) is 14.3 Å². The van der Waals surface area contributed by atoms with Crippen molar-refractivity contribution < 1.29 is 9.59 Å². The molecular formula is C19H25N5O2. The second kappa shape index (κ2) is 7.29. The molecule has 26 heavy (non-hydrogen) atoms. The highest BCUT2D eigenvalue weighted by atomic mass is 16.2. The summed E-state index contributed by atoms with van der Waals surface area (Å²) < 4.78 is 1.75. The van der Waals surface area contributed by atoms with Gasteiger partial charge in [-0.15, -0.1) is 0 Å². The second-order valence-corrected chi connectivity index (χ2v) is 7.04. The second-order valence-electron chi connectivity index (χ2n) is 7.04. The van der Waals surface area contributed by atoms with E-state index < -0.39 is 0 Å². The fraction of sp³-hybridized carbons (Fsp3) is 0.421. The number of anilines is 1. The van der Waals surface area contributed by atoms with E-state index in [2.05, 4.69) is 15.7 Å². The lowest BCUT2D eigenvalue weighted by Gasteiger charge is -2.18. The molecule has 0 bridgehead atoms. The quantitative estimate of drug-likeness (QED) is 0.868. The zero-order valence-corrected chi connectivity index (χ0v) is 15.6. The van der Waals surface area contributed by atoms with Crippen LogP contribution in [0.4, 0.5) is 5.69 Å². The molecule has 1 aromatic heterocycles. The molecule has 2 N–H and O–H groups in total. The number of benzene rings is 1. The molecular weight excluding hydrogens is 330 g/mol. The van der Waals surface area contributed by atoms with Crippen LogP contribution in [-0.2, 0) is 11.8 Å². The molecule has 2 heterocycles. The van der Waals surface area contributed by atoms with Crippen molar-refractivity contribution in [3.05, 3.63) is 47.3 Å². The lowest BCUT2D eigenvalue weighted by atomic mass is 9.90. The number of nitrogens with one attached hydrogen (secondary N) is 2. The number of aromatic nitrogens is 2. The normalized spacial score (nSPS) is 19.4. The lowest BCUT2D eigenvalue weighted by Crippen LogP contribution is -2.28. The Labute approximate surface area is 153 Å². The van der Waals surface area contributed by atoms with Crippen LogP contribution in [0.1, 0.15) is 27.4 Å². The number of carbonyl (C=O) groups is 2. The molecule has 0 aliphatic carbocycles. The summed E-state index contributed by atoms with van der Waals surface area (Å²) in [4.78, 5) is 26.7. The number of rotatable bonds is 4. The van der Waals surface area contributed by atoms with Crippen molar-refractivity contribution in [3.63, 3.8) is 0 Å². The highest BCUT2D eigenvalue weighted by Crippen LogP contribution is 2.29. The third-order valence-electron chi connectivity index (χ3n) is 4.85. The van der Waals surface area contributed by atoms with E-state index in [0.717, 1.165) is 17.7 Å². The summed E-state index contributed by atoms with van der Waals surface area (Å²) in [5.41, 5.74) is 3.19. The lowest BCUT2D eigenvalue weighted by molar-refractivity contribution is -0.119. The van der Waals surface area contributed by atoms with Gasteiger partial charge in [0.1, 0.15) is 0 Å². The first-order valence-corrected chi connectivity index (χ1v) is 8.69. The Hall–Kier alpha value is -2.67. The molecule has 2 atom stereocenters. The standard InChI is InChI=1S/C19H25N5O2/c1-12-5-6-14(7-15(12)19(26)23(2)3)22-18(25)17-10-20-9-16(17)13-8-21-24(4)11-13/h5-8,11,16-17,20H,9-10H2,1-4H3,(H,22,25)/t16-,17+/m1/s1. The molecule has 2 amide bonds.